The molecule has 1 unspecified atom stereocenters. The maximum Gasteiger partial charge on any atom is 0.257 e. The van der Waals surface area contributed by atoms with Crippen LogP contribution in [0.2, 0.25) is 0 Å². The van der Waals surface area contributed by atoms with Crippen LogP contribution < -0.4 is 11.3 Å². The van der Waals surface area contributed by atoms with E-state index in [0.29, 0.717) is 16.7 Å². The molecule has 0 spiro atoms. The van der Waals surface area contributed by atoms with E-state index in [4.69, 9.17) is 5.73 Å². The smallest absolute Gasteiger partial charge is 0.257 e. The molecule has 0 saturated carbocycles. The van der Waals surface area contributed by atoms with Crippen LogP contribution in [0.3, 0.4) is 0 Å². The van der Waals surface area contributed by atoms with Gasteiger partial charge in [-0.05, 0) is 24.6 Å². The van der Waals surface area contributed by atoms with Crippen LogP contribution in [0.4, 0.5) is 0 Å². The number of rotatable bonds is 1. The molecule has 5 nitrogen and oxygen atoms in total. The molecule has 4 rings (SSSR count). The lowest BCUT2D eigenvalue weighted by molar-refractivity contribution is 0.470. The number of nitrogens with zero attached hydrogens (tertiary/aromatic N) is 1. The lowest BCUT2D eigenvalue weighted by atomic mass is 9.96. The van der Waals surface area contributed by atoms with Gasteiger partial charge in [0.15, 0.2) is 0 Å². The number of hydrogen-bond donors (Lipinski definition) is 3. The molecule has 2 aromatic carbocycles. The quantitative estimate of drug-likeness (QED) is 0.644. The van der Waals surface area contributed by atoms with Gasteiger partial charge < -0.3 is 15.8 Å². The zero-order valence-electron chi connectivity index (χ0n) is 12.5. The van der Waals surface area contributed by atoms with Crippen molar-refractivity contribution >= 4 is 16.7 Å². The minimum absolute atomic E-state index is 0.0364. The molecule has 0 fully saturated rings. The van der Waals surface area contributed by atoms with Gasteiger partial charge in [-0.1, -0.05) is 35.9 Å². The normalized spacial score (nSPS) is 16.4. The van der Waals surface area contributed by atoms with Gasteiger partial charge in [0.1, 0.15) is 17.6 Å². The Morgan fingerprint density at radius 2 is 2.00 bits per heavy atom. The van der Waals surface area contributed by atoms with E-state index in [1.54, 1.807) is 6.07 Å². The van der Waals surface area contributed by atoms with E-state index < -0.39 is 6.04 Å². The number of aliphatic imine (C=N–C) groups is 1. The SMILES string of the molecule is Cc1ccc2[nH]c(=O)c(C3N=C(N)c4ccccc43)c(O)c2c1. The Kier molecular flexibility index (Phi) is 2.78. The predicted octanol–water partition coefficient (Wildman–Crippen LogP) is 2.35. The van der Waals surface area contributed by atoms with E-state index in [1.165, 1.54) is 0 Å². The number of pyridine rings is 1. The number of nitrogens with two attached hydrogens (primary N) is 1. The summed E-state index contributed by atoms with van der Waals surface area (Å²) >= 11 is 0. The Labute approximate surface area is 132 Å². The van der Waals surface area contributed by atoms with Gasteiger partial charge in [-0.25, -0.2) is 0 Å². The van der Waals surface area contributed by atoms with Crippen molar-refractivity contribution in [2.75, 3.05) is 0 Å². The third-order valence-electron chi connectivity index (χ3n) is 4.25. The molecular weight excluding hydrogens is 290 g/mol. The highest BCUT2D eigenvalue weighted by Crippen LogP contribution is 2.38. The summed E-state index contributed by atoms with van der Waals surface area (Å²) in [6, 6.07) is 12.4. The minimum Gasteiger partial charge on any atom is -0.507 e. The second-order valence-electron chi connectivity index (χ2n) is 5.77. The minimum atomic E-state index is -0.583. The molecule has 1 atom stereocenters. The number of aromatic amines is 1. The molecule has 0 amide bonds. The summed E-state index contributed by atoms with van der Waals surface area (Å²) in [5, 5.41) is 11.3. The summed E-state index contributed by atoms with van der Waals surface area (Å²) in [5.41, 5.74) is 9.09. The number of H-pyrrole nitrogens is 1. The van der Waals surface area contributed by atoms with Crippen molar-refractivity contribution < 1.29 is 5.11 Å². The summed E-state index contributed by atoms with van der Waals surface area (Å²) in [6.45, 7) is 1.94. The van der Waals surface area contributed by atoms with Crippen LogP contribution >= 0.6 is 0 Å². The van der Waals surface area contributed by atoms with Gasteiger partial charge in [-0.2, -0.15) is 0 Å². The first-order chi connectivity index (χ1) is 11.1. The topological polar surface area (TPSA) is 91.5 Å². The number of aromatic hydroxyl groups is 1. The van der Waals surface area contributed by atoms with Crippen LogP contribution in [0.25, 0.3) is 10.9 Å². The van der Waals surface area contributed by atoms with Crippen LogP contribution in [0.5, 0.6) is 5.75 Å². The zero-order chi connectivity index (χ0) is 16.1. The average Bonchev–Trinajstić information content (AvgIpc) is 2.86. The Bertz CT molecular complexity index is 1030. The molecular formula is C18H15N3O2. The second-order valence-corrected chi connectivity index (χ2v) is 5.77. The van der Waals surface area contributed by atoms with Crippen LogP contribution in [0.15, 0.2) is 52.3 Å². The average molecular weight is 305 g/mol. The third kappa shape index (κ3) is 1.93. The fraction of sp³-hybridized carbons (Fsp3) is 0.111. The number of aromatic nitrogens is 1. The van der Waals surface area contributed by atoms with Crippen molar-refractivity contribution in [1.29, 1.82) is 0 Å². The van der Waals surface area contributed by atoms with Gasteiger partial charge >= 0.3 is 0 Å². The summed E-state index contributed by atoms with van der Waals surface area (Å²) in [4.78, 5) is 19.7. The summed E-state index contributed by atoms with van der Waals surface area (Å²) in [5.74, 6) is 0.347. The van der Waals surface area contributed by atoms with Crippen LogP contribution in [0.1, 0.15) is 28.3 Å². The lowest BCUT2D eigenvalue weighted by Gasteiger charge is -2.13. The largest absolute Gasteiger partial charge is 0.507 e. The molecule has 4 N–H and O–H groups in total. The van der Waals surface area contributed by atoms with E-state index in [0.717, 1.165) is 16.7 Å². The van der Waals surface area contributed by atoms with Gasteiger partial charge in [-0.3, -0.25) is 9.79 Å². The maximum absolute atomic E-state index is 12.5. The third-order valence-corrected chi connectivity index (χ3v) is 4.25. The van der Waals surface area contributed by atoms with Gasteiger partial charge in [0.05, 0.1) is 11.1 Å². The van der Waals surface area contributed by atoms with E-state index in [2.05, 4.69) is 9.98 Å². The molecule has 0 bridgehead atoms. The molecule has 114 valence electrons. The number of nitrogens with one attached hydrogen (secondary N) is 1. The van der Waals surface area contributed by atoms with E-state index in [9.17, 15) is 9.90 Å². The number of amidine groups is 1. The van der Waals surface area contributed by atoms with Gasteiger partial charge in [0.25, 0.3) is 5.56 Å². The van der Waals surface area contributed by atoms with Gasteiger partial charge in [0.2, 0.25) is 0 Å². The van der Waals surface area contributed by atoms with E-state index in [-0.39, 0.29) is 16.9 Å². The molecule has 23 heavy (non-hydrogen) atoms. The maximum atomic E-state index is 12.5. The first-order valence-electron chi connectivity index (χ1n) is 7.34. The first kappa shape index (κ1) is 13.6. The second kappa shape index (κ2) is 4.71. The Balaban J connectivity index is 2.02. The van der Waals surface area contributed by atoms with Crippen LogP contribution in [0, 0.1) is 6.92 Å². The standard InChI is InChI=1S/C18H15N3O2/c1-9-6-7-13-12(8-9)16(22)14(18(23)20-13)15-10-4-2-3-5-11(10)17(19)21-15/h2-8,15H,1H3,(H2,19,21)(H2,20,22,23). The van der Waals surface area contributed by atoms with Crippen molar-refractivity contribution in [1.82, 2.24) is 4.98 Å². The van der Waals surface area contributed by atoms with Crippen molar-refractivity contribution in [2.45, 2.75) is 13.0 Å². The molecule has 1 aliphatic heterocycles. The van der Waals surface area contributed by atoms with Crippen molar-refractivity contribution in [3.8, 4) is 5.75 Å². The molecule has 2 heterocycles. The highest BCUT2D eigenvalue weighted by atomic mass is 16.3. The highest BCUT2D eigenvalue weighted by Gasteiger charge is 2.29. The van der Waals surface area contributed by atoms with Gasteiger partial charge in [-0.15, -0.1) is 0 Å². The molecule has 1 aromatic heterocycles. The van der Waals surface area contributed by atoms with Crippen LogP contribution in [-0.4, -0.2) is 15.9 Å². The molecule has 0 aliphatic carbocycles. The predicted molar refractivity (Wildman–Crippen MR) is 90.0 cm³/mol. The summed E-state index contributed by atoms with van der Waals surface area (Å²) < 4.78 is 0. The molecule has 0 radical (unpaired) electrons. The first-order valence-corrected chi connectivity index (χ1v) is 7.34. The molecule has 0 saturated heterocycles. The Morgan fingerprint density at radius 1 is 1.22 bits per heavy atom. The lowest BCUT2D eigenvalue weighted by Crippen LogP contribution is -2.16. The number of fused-ring (bicyclic) bond motifs is 2. The Morgan fingerprint density at radius 3 is 2.83 bits per heavy atom. The monoisotopic (exact) mass is 305 g/mol. The van der Waals surface area contributed by atoms with Crippen molar-refractivity contribution in [2.24, 2.45) is 10.7 Å². The zero-order valence-corrected chi connectivity index (χ0v) is 12.5. The Hall–Kier alpha value is -3.08. The van der Waals surface area contributed by atoms with Gasteiger partial charge in [0, 0.05) is 10.9 Å². The van der Waals surface area contributed by atoms with Crippen molar-refractivity contribution in [3.63, 3.8) is 0 Å². The number of aryl methyl sites for hydroxylation is 1. The molecule has 5 heteroatoms. The fourth-order valence-corrected chi connectivity index (χ4v) is 3.13. The summed E-state index contributed by atoms with van der Waals surface area (Å²) in [6.07, 6.45) is 0. The highest BCUT2D eigenvalue weighted by molar-refractivity contribution is 6.02. The van der Waals surface area contributed by atoms with Crippen LogP contribution in [-0.2, 0) is 0 Å². The summed E-state index contributed by atoms with van der Waals surface area (Å²) in [7, 11) is 0. The van der Waals surface area contributed by atoms with Crippen molar-refractivity contribution in [3.05, 3.63) is 75.1 Å². The van der Waals surface area contributed by atoms with E-state index in [1.807, 2.05) is 43.3 Å². The number of hydrogen-bond acceptors (Lipinski definition) is 4. The fourth-order valence-electron chi connectivity index (χ4n) is 3.13. The van der Waals surface area contributed by atoms with E-state index >= 15 is 0 Å². The molecule has 3 aromatic rings. The number of benzene rings is 2. The molecule has 1 aliphatic rings.